The third-order valence-electron chi connectivity index (χ3n) is 5.11. The van der Waals surface area contributed by atoms with Crippen LogP contribution in [0.2, 0.25) is 0 Å². The van der Waals surface area contributed by atoms with E-state index in [-0.39, 0.29) is 11.3 Å². The van der Waals surface area contributed by atoms with E-state index in [0.717, 1.165) is 0 Å². The summed E-state index contributed by atoms with van der Waals surface area (Å²) in [6, 6.07) is 17.9. The summed E-state index contributed by atoms with van der Waals surface area (Å²) in [5.74, 6) is -0.563. The molecule has 31 heavy (non-hydrogen) atoms. The molecule has 1 aliphatic rings. The van der Waals surface area contributed by atoms with Crippen molar-refractivity contribution in [2.45, 2.75) is 6.04 Å². The number of benzene rings is 2. The minimum absolute atomic E-state index is 0.0194. The summed E-state index contributed by atoms with van der Waals surface area (Å²) in [4.78, 5) is 31.7. The van der Waals surface area contributed by atoms with Crippen molar-refractivity contribution < 1.29 is 24.2 Å². The molecule has 1 atom stereocenters. The lowest BCUT2D eigenvalue weighted by Crippen LogP contribution is -2.30. The SMILES string of the molecule is COc1ccc([C@H]2C(=C(O)c3ccccc3)C(=O)C(=O)N2c2ccccn2)cc1OC. The topological polar surface area (TPSA) is 89.0 Å². The predicted molar refractivity (Wildman–Crippen MR) is 115 cm³/mol. The number of rotatable bonds is 5. The minimum atomic E-state index is -0.894. The molecule has 1 aromatic heterocycles. The van der Waals surface area contributed by atoms with Crippen LogP contribution in [0.3, 0.4) is 0 Å². The molecule has 1 fully saturated rings. The van der Waals surface area contributed by atoms with Gasteiger partial charge in [0.15, 0.2) is 11.5 Å². The lowest BCUT2D eigenvalue weighted by Gasteiger charge is -2.25. The molecule has 2 aromatic carbocycles. The predicted octanol–water partition coefficient (Wildman–Crippen LogP) is 3.73. The fraction of sp³-hybridized carbons (Fsp3) is 0.125. The molecular weight excluding hydrogens is 396 g/mol. The first-order chi connectivity index (χ1) is 15.1. The summed E-state index contributed by atoms with van der Waals surface area (Å²) < 4.78 is 10.7. The average Bonchev–Trinajstić information content (AvgIpc) is 3.09. The molecule has 3 aromatic rings. The van der Waals surface area contributed by atoms with Gasteiger partial charge in [0.05, 0.1) is 25.8 Å². The largest absolute Gasteiger partial charge is 0.507 e. The van der Waals surface area contributed by atoms with E-state index in [1.165, 1.54) is 25.3 Å². The zero-order valence-electron chi connectivity index (χ0n) is 17.0. The van der Waals surface area contributed by atoms with Crippen LogP contribution in [-0.2, 0) is 9.59 Å². The van der Waals surface area contributed by atoms with E-state index in [1.807, 2.05) is 0 Å². The molecule has 156 valence electrons. The average molecular weight is 416 g/mol. The highest BCUT2D eigenvalue weighted by molar-refractivity contribution is 6.51. The number of amides is 1. The number of ether oxygens (including phenoxy) is 2. The van der Waals surface area contributed by atoms with E-state index in [4.69, 9.17) is 9.47 Å². The van der Waals surface area contributed by atoms with Crippen molar-refractivity contribution in [3.63, 3.8) is 0 Å². The zero-order valence-corrected chi connectivity index (χ0v) is 17.0. The molecule has 4 rings (SSSR count). The molecular formula is C24H20N2O5. The number of methoxy groups -OCH3 is 2. The Morgan fingerprint density at radius 1 is 0.935 bits per heavy atom. The number of hydrogen-bond donors (Lipinski definition) is 1. The van der Waals surface area contributed by atoms with Crippen LogP contribution in [0.15, 0.2) is 78.5 Å². The third-order valence-corrected chi connectivity index (χ3v) is 5.11. The van der Waals surface area contributed by atoms with Crippen molar-refractivity contribution in [1.29, 1.82) is 0 Å². The van der Waals surface area contributed by atoms with Gasteiger partial charge in [-0.3, -0.25) is 14.5 Å². The van der Waals surface area contributed by atoms with Gasteiger partial charge in [-0.1, -0.05) is 42.5 Å². The first-order valence-electron chi connectivity index (χ1n) is 9.56. The van der Waals surface area contributed by atoms with Crippen LogP contribution in [0.1, 0.15) is 17.2 Å². The van der Waals surface area contributed by atoms with Crippen LogP contribution in [-0.4, -0.2) is 36.0 Å². The highest BCUT2D eigenvalue weighted by atomic mass is 16.5. The lowest BCUT2D eigenvalue weighted by atomic mass is 9.95. The minimum Gasteiger partial charge on any atom is -0.507 e. The van der Waals surface area contributed by atoms with E-state index in [2.05, 4.69) is 4.98 Å². The van der Waals surface area contributed by atoms with Crippen molar-refractivity contribution in [2.75, 3.05) is 19.1 Å². The van der Waals surface area contributed by atoms with E-state index < -0.39 is 17.7 Å². The fourth-order valence-electron chi connectivity index (χ4n) is 3.65. The standard InChI is InChI=1S/C24H20N2O5/c1-30-17-12-11-16(14-18(17)31-2)21-20(22(27)15-8-4-3-5-9-15)23(28)24(29)26(21)19-10-6-7-13-25-19/h3-14,21,27H,1-2H3/t21-/m0/s1. The second-order valence-corrected chi connectivity index (χ2v) is 6.84. The molecule has 1 aliphatic heterocycles. The number of pyridine rings is 1. The molecule has 0 bridgehead atoms. The Labute approximate surface area is 179 Å². The Morgan fingerprint density at radius 2 is 1.65 bits per heavy atom. The Bertz CT molecular complexity index is 1160. The van der Waals surface area contributed by atoms with E-state index in [1.54, 1.807) is 66.7 Å². The molecule has 0 saturated carbocycles. The molecule has 0 spiro atoms. The smallest absolute Gasteiger partial charge is 0.301 e. The Kier molecular flexibility index (Phi) is 5.41. The maximum atomic E-state index is 13.1. The van der Waals surface area contributed by atoms with Crippen LogP contribution >= 0.6 is 0 Å². The van der Waals surface area contributed by atoms with E-state index >= 15 is 0 Å². The number of anilines is 1. The van der Waals surface area contributed by atoms with Crippen LogP contribution in [0.25, 0.3) is 5.76 Å². The molecule has 0 aliphatic carbocycles. The lowest BCUT2D eigenvalue weighted by molar-refractivity contribution is -0.132. The maximum absolute atomic E-state index is 13.1. The molecule has 0 unspecified atom stereocenters. The fourth-order valence-corrected chi connectivity index (χ4v) is 3.65. The number of hydrogen-bond acceptors (Lipinski definition) is 6. The number of ketones is 1. The highest BCUT2D eigenvalue weighted by Crippen LogP contribution is 2.43. The second kappa shape index (κ2) is 8.31. The zero-order chi connectivity index (χ0) is 22.0. The van der Waals surface area contributed by atoms with Gasteiger partial charge < -0.3 is 14.6 Å². The van der Waals surface area contributed by atoms with Crippen molar-refractivity contribution in [1.82, 2.24) is 4.98 Å². The molecule has 1 saturated heterocycles. The summed E-state index contributed by atoms with van der Waals surface area (Å²) in [7, 11) is 3.02. The molecule has 7 heteroatoms. The Balaban J connectivity index is 1.96. The van der Waals surface area contributed by atoms with Gasteiger partial charge in [0.2, 0.25) is 0 Å². The highest BCUT2D eigenvalue weighted by Gasteiger charge is 2.47. The molecule has 1 amide bonds. The molecule has 1 N–H and O–H groups in total. The van der Waals surface area contributed by atoms with Crippen LogP contribution in [0.5, 0.6) is 11.5 Å². The summed E-state index contributed by atoms with van der Waals surface area (Å²) in [5, 5.41) is 11.0. The third kappa shape index (κ3) is 3.50. The van der Waals surface area contributed by atoms with Gasteiger partial charge in [0.1, 0.15) is 11.6 Å². The normalized spacial score (nSPS) is 17.6. The van der Waals surface area contributed by atoms with E-state index in [0.29, 0.717) is 28.4 Å². The van der Waals surface area contributed by atoms with Gasteiger partial charge in [0.25, 0.3) is 5.78 Å². The summed E-state index contributed by atoms with van der Waals surface area (Å²) in [5.41, 5.74) is 0.987. The summed E-state index contributed by atoms with van der Waals surface area (Å²) >= 11 is 0. The number of Topliss-reactive ketones (excluding diaryl/α,β-unsaturated/α-hetero) is 1. The number of aliphatic hydroxyl groups is 1. The van der Waals surface area contributed by atoms with Gasteiger partial charge in [-0.25, -0.2) is 4.98 Å². The monoisotopic (exact) mass is 416 g/mol. The van der Waals surface area contributed by atoms with Gasteiger partial charge in [0, 0.05) is 11.8 Å². The van der Waals surface area contributed by atoms with Gasteiger partial charge >= 0.3 is 5.91 Å². The number of nitrogens with zero attached hydrogens (tertiary/aromatic N) is 2. The van der Waals surface area contributed by atoms with Crippen molar-refractivity contribution in [3.05, 3.63) is 89.6 Å². The van der Waals surface area contributed by atoms with Crippen molar-refractivity contribution in [2.24, 2.45) is 0 Å². The number of aliphatic hydroxyl groups excluding tert-OH is 1. The number of carbonyl (C=O) groups is 2. The second-order valence-electron chi connectivity index (χ2n) is 6.84. The Hall–Kier alpha value is -4.13. The molecule has 2 heterocycles. The maximum Gasteiger partial charge on any atom is 0.301 e. The van der Waals surface area contributed by atoms with Gasteiger partial charge in [-0.05, 0) is 29.8 Å². The summed E-state index contributed by atoms with van der Waals surface area (Å²) in [6.45, 7) is 0. The van der Waals surface area contributed by atoms with Crippen LogP contribution in [0, 0.1) is 0 Å². The van der Waals surface area contributed by atoms with Gasteiger partial charge in [-0.2, -0.15) is 0 Å². The number of aromatic nitrogens is 1. The first kappa shape index (κ1) is 20.2. The molecule has 0 radical (unpaired) electrons. The van der Waals surface area contributed by atoms with Gasteiger partial charge in [-0.15, -0.1) is 0 Å². The van der Waals surface area contributed by atoms with E-state index in [9.17, 15) is 14.7 Å². The summed E-state index contributed by atoms with van der Waals surface area (Å²) in [6.07, 6.45) is 1.54. The number of carbonyl (C=O) groups excluding carboxylic acids is 2. The van der Waals surface area contributed by atoms with Crippen LogP contribution < -0.4 is 14.4 Å². The molecule has 7 nitrogen and oxygen atoms in total. The quantitative estimate of drug-likeness (QED) is 0.387. The van der Waals surface area contributed by atoms with Crippen molar-refractivity contribution >= 4 is 23.3 Å². The van der Waals surface area contributed by atoms with Crippen LogP contribution in [0.4, 0.5) is 5.82 Å². The first-order valence-corrected chi connectivity index (χ1v) is 9.56. The van der Waals surface area contributed by atoms with Crippen molar-refractivity contribution in [3.8, 4) is 11.5 Å². The Morgan fingerprint density at radius 3 is 2.29 bits per heavy atom.